The summed E-state index contributed by atoms with van der Waals surface area (Å²) < 4.78 is 0. The van der Waals surface area contributed by atoms with Crippen LogP contribution in [0.25, 0.3) is 0 Å². The monoisotopic (exact) mass is 296 g/mol. The highest BCUT2D eigenvalue weighted by Crippen LogP contribution is 2.24. The fraction of sp³-hybridized carbons (Fsp3) is 0.533. The van der Waals surface area contributed by atoms with Gasteiger partial charge in [-0.2, -0.15) is 0 Å². The Morgan fingerprint density at radius 3 is 2.63 bits per heavy atom. The Morgan fingerprint density at radius 2 is 1.95 bits per heavy atom. The maximum absolute atomic E-state index is 6.00. The molecule has 2 nitrogen and oxygen atoms in total. The molecule has 1 aromatic carbocycles. The van der Waals surface area contributed by atoms with E-state index in [0.29, 0.717) is 11.2 Å². The van der Waals surface area contributed by atoms with Crippen LogP contribution in [0.15, 0.2) is 18.2 Å². The van der Waals surface area contributed by atoms with Crippen molar-refractivity contribution in [1.29, 1.82) is 0 Å². The molecule has 2 N–H and O–H groups in total. The molecule has 0 unspecified atom stereocenters. The maximum atomic E-state index is 6.00. The molecule has 1 aromatic rings. The lowest BCUT2D eigenvalue weighted by molar-refractivity contribution is 0.332. The molecule has 0 saturated heterocycles. The molecule has 4 heteroatoms. The number of anilines is 1. The molecular formula is C15H21ClN2S. The number of rotatable bonds is 2. The van der Waals surface area contributed by atoms with Crippen molar-refractivity contribution in [1.82, 2.24) is 5.32 Å². The Hall–Kier alpha value is -0.800. The van der Waals surface area contributed by atoms with E-state index >= 15 is 0 Å². The largest absolute Gasteiger partial charge is 0.360 e. The van der Waals surface area contributed by atoms with Crippen molar-refractivity contribution in [2.75, 3.05) is 5.32 Å². The average molecular weight is 297 g/mol. The number of hydrogen-bond acceptors (Lipinski definition) is 1. The first-order valence-electron chi connectivity index (χ1n) is 6.88. The van der Waals surface area contributed by atoms with Gasteiger partial charge in [0, 0.05) is 16.8 Å². The van der Waals surface area contributed by atoms with Crippen molar-refractivity contribution in [3.8, 4) is 0 Å². The van der Waals surface area contributed by atoms with Crippen LogP contribution in [0.5, 0.6) is 0 Å². The first-order valence-corrected chi connectivity index (χ1v) is 7.67. The topological polar surface area (TPSA) is 24.1 Å². The number of benzene rings is 1. The third-order valence-electron chi connectivity index (χ3n) is 3.80. The SMILES string of the molecule is Cc1ccc(Cl)cc1NC(=S)NC1CCC(C)CC1. The molecule has 0 spiro atoms. The fourth-order valence-corrected chi connectivity index (χ4v) is 2.93. The number of thiocarbonyl (C=S) groups is 1. The summed E-state index contributed by atoms with van der Waals surface area (Å²) in [5.74, 6) is 0.856. The molecule has 19 heavy (non-hydrogen) atoms. The van der Waals surface area contributed by atoms with Gasteiger partial charge in [0.05, 0.1) is 0 Å². The minimum Gasteiger partial charge on any atom is -0.360 e. The van der Waals surface area contributed by atoms with Gasteiger partial charge in [-0.3, -0.25) is 0 Å². The molecule has 1 saturated carbocycles. The highest BCUT2D eigenvalue weighted by atomic mass is 35.5. The van der Waals surface area contributed by atoms with E-state index in [0.717, 1.165) is 22.2 Å². The van der Waals surface area contributed by atoms with Crippen LogP contribution >= 0.6 is 23.8 Å². The second-order valence-corrected chi connectivity index (χ2v) is 6.36. The van der Waals surface area contributed by atoms with E-state index in [1.54, 1.807) is 0 Å². The fourth-order valence-electron chi connectivity index (χ4n) is 2.48. The zero-order valence-electron chi connectivity index (χ0n) is 11.5. The summed E-state index contributed by atoms with van der Waals surface area (Å²) in [4.78, 5) is 0. The summed E-state index contributed by atoms with van der Waals surface area (Å²) in [5.41, 5.74) is 2.12. The average Bonchev–Trinajstić information content (AvgIpc) is 2.37. The normalized spacial score (nSPS) is 22.9. The van der Waals surface area contributed by atoms with Crippen molar-refractivity contribution in [3.05, 3.63) is 28.8 Å². The van der Waals surface area contributed by atoms with Crippen molar-refractivity contribution in [2.24, 2.45) is 5.92 Å². The van der Waals surface area contributed by atoms with Crippen LogP contribution in [0, 0.1) is 12.8 Å². The summed E-state index contributed by atoms with van der Waals surface area (Å²) in [5, 5.41) is 8.08. The second kappa shape index (κ2) is 6.58. The van der Waals surface area contributed by atoms with Crippen LogP contribution in [-0.2, 0) is 0 Å². The van der Waals surface area contributed by atoms with Crippen LogP contribution in [0.3, 0.4) is 0 Å². The molecule has 1 fully saturated rings. The van der Waals surface area contributed by atoms with E-state index in [9.17, 15) is 0 Å². The lowest BCUT2D eigenvalue weighted by Gasteiger charge is -2.28. The Labute approximate surface area is 125 Å². The smallest absolute Gasteiger partial charge is 0.171 e. The van der Waals surface area contributed by atoms with Crippen LogP contribution in [0.2, 0.25) is 5.02 Å². The highest BCUT2D eigenvalue weighted by molar-refractivity contribution is 7.80. The first kappa shape index (κ1) is 14.6. The molecule has 0 bridgehead atoms. The van der Waals surface area contributed by atoms with Gasteiger partial charge in [-0.25, -0.2) is 0 Å². The molecule has 1 aliphatic rings. The third-order valence-corrected chi connectivity index (χ3v) is 4.25. The van der Waals surface area contributed by atoms with Crippen molar-refractivity contribution in [2.45, 2.75) is 45.6 Å². The van der Waals surface area contributed by atoms with Gasteiger partial charge in [0.15, 0.2) is 5.11 Å². The van der Waals surface area contributed by atoms with E-state index in [-0.39, 0.29) is 0 Å². The zero-order valence-corrected chi connectivity index (χ0v) is 13.1. The molecule has 2 rings (SSSR count). The summed E-state index contributed by atoms with van der Waals surface area (Å²) in [6.07, 6.45) is 4.99. The molecule has 0 aromatic heterocycles. The highest BCUT2D eigenvalue weighted by Gasteiger charge is 2.18. The molecule has 1 aliphatic carbocycles. The molecule has 104 valence electrons. The van der Waals surface area contributed by atoms with Crippen LogP contribution < -0.4 is 10.6 Å². The quantitative estimate of drug-likeness (QED) is 0.785. The molecular weight excluding hydrogens is 276 g/mol. The molecule has 0 radical (unpaired) electrons. The minimum absolute atomic E-state index is 0.510. The van der Waals surface area contributed by atoms with E-state index in [1.807, 2.05) is 25.1 Å². The Balaban J connectivity index is 1.89. The summed E-state index contributed by atoms with van der Waals surface area (Å²) >= 11 is 11.4. The summed E-state index contributed by atoms with van der Waals surface area (Å²) in [6.45, 7) is 4.37. The van der Waals surface area contributed by atoms with Gasteiger partial charge in [0.1, 0.15) is 0 Å². The van der Waals surface area contributed by atoms with Gasteiger partial charge in [-0.1, -0.05) is 24.6 Å². The third kappa shape index (κ3) is 4.36. The lowest BCUT2D eigenvalue weighted by Crippen LogP contribution is -2.39. The van der Waals surface area contributed by atoms with Gasteiger partial charge in [0.25, 0.3) is 0 Å². The van der Waals surface area contributed by atoms with Crippen molar-refractivity contribution < 1.29 is 0 Å². The van der Waals surface area contributed by atoms with Crippen LogP contribution in [0.4, 0.5) is 5.69 Å². The summed E-state index contributed by atoms with van der Waals surface area (Å²) in [6, 6.07) is 6.31. The Morgan fingerprint density at radius 1 is 1.26 bits per heavy atom. The van der Waals surface area contributed by atoms with Crippen LogP contribution in [-0.4, -0.2) is 11.2 Å². The number of halogens is 1. The van der Waals surface area contributed by atoms with Gasteiger partial charge < -0.3 is 10.6 Å². The number of hydrogen-bond donors (Lipinski definition) is 2. The van der Waals surface area contributed by atoms with Gasteiger partial charge in [-0.05, 0) is 68.4 Å². The standard InChI is InChI=1S/C15H21ClN2S/c1-10-3-7-13(8-4-10)17-15(19)18-14-9-12(16)6-5-11(14)2/h5-6,9-10,13H,3-4,7-8H2,1-2H3,(H2,17,18,19). The van der Waals surface area contributed by atoms with Crippen molar-refractivity contribution >= 4 is 34.6 Å². The summed E-state index contributed by atoms with van der Waals surface area (Å²) in [7, 11) is 0. The van der Waals surface area contributed by atoms with E-state index in [4.69, 9.17) is 23.8 Å². The Bertz CT molecular complexity index is 453. The number of nitrogens with one attached hydrogen (secondary N) is 2. The van der Waals surface area contributed by atoms with Crippen molar-refractivity contribution in [3.63, 3.8) is 0 Å². The molecule has 0 aliphatic heterocycles. The van der Waals surface area contributed by atoms with Gasteiger partial charge >= 0.3 is 0 Å². The molecule has 0 atom stereocenters. The van der Waals surface area contributed by atoms with Gasteiger partial charge in [0.2, 0.25) is 0 Å². The first-order chi connectivity index (χ1) is 9.04. The predicted octanol–water partition coefficient (Wildman–Crippen LogP) is 4.51. The maximum Gasteiger partial charge on any atom is 0.171 e. The van der Waals surface area contributed by atoms with Gasteiger partial charge in [-0.15, -0.1) is 0 Å². The molecule has 0 heterocycles. The molecule has 0 amide bonds. The Kier molecular flexibility index (Phi) is 5.06. The minimum atomic E-state index is 0.510. The van der Waals surface area contributed by atoms with E-state index < -0.39 is 0 Å². The van der Waals surface area contributed by atoms with Crippen LogP contribution in [0.1, 0.15) is 38.2 Å². The predicted molar refractivity (Wildman–Crippen MR) is 87.0 cm³/mol. The lowest BCUT2D eigenvalue weighted by atomic mass is 9.87. The van der Waals surface area contributed by atoms with E-state index in [2.05, 4.69) is 17.6 Å². The zero-order chi connectivity index (χ0) is 13.8. The number of aryl methyl sites for hydroxylation is 1. The second-order valence-electron chi connectivity index (χ2n) is 5.51. The van der Waals surface area contributed by atoms with E-state index in [1.165, 1.54) is 25.7 Å².